The van der Waals surface area contributed by atoms with E-state index in [-0.39, 0.29) is 0 Å². The molecule has 1 saturated heterocycles. The van der Waals surface area contributed by atoms with Gasteiger partial charge in [-0.2, -0.15) is 11.8 Å². The Morgan fingerprint density at radius 3 is 2.70 bits per heavy atom. The highest BCUT2D eigenvalue weighted by molar-refractivity contribution is 7.99. The van der Waals surface area contributed by atoms with Gasteiger partial charge in [0.2, 0.25) is 0 Å². The van der Waals surface area contributed by atoms with Crippen LogP contribution in [0.3, 0.4) is 0 Å². The van der Waals surface area contributed by atoms with Gasteiger partial charge < -0.3 is 5.32 Å². The Kier molecular flexibility index (Phi) is 6.44. The third-order valence-corrected chi connectivity index (χ3v) is 5.41. The Morgan fingerprint density at radius 1 is 1.25 bits per heavy atom. The number of thioether (sulfide) groups is 1. The van der Waals surface area contributed by atoms with Crippen LogP contribution in [0, 0.1) is 19.8 Å². The van der Waals surface area contributed by atoms with Gasteiger partial charge in [-0.25, -0.2) is 0 Å². The average molecular weight is 292 g/mol. The van der Waals surface area contributed by atoms with E-state index in [9.17, 15) is 0 Å². The second-order valence-electron chi connectivity index (χ2n) is 6.16. The third-order valence-electron chi connectivity index (χ3n) is 4.36. The monoisotopic (exact) mass is 291 g/mol. The SMILES string of the molecule is CCCNC(CC1CCSCC1)c1cc(C)ccc1C. The smallest absolute Gasteiger partial charge is 0.0325 e. The first-order valence-electron chi connectivity index (χ1n) is 8.09. The summed E-state index contributed by atoms with van der Waals surface area (Å²) >= 11 is 2.12. The summed E-state index contributed by atoms with van der Waals surface area (Å²) in [6, 6.07) is 7.44. The highest BCUT2D eigenvalue weighted by Crippen LogP contribution is 2.32. The molecule has 1 N–H and O–H groups in total. The van der Waals surface area contributed by atoms with Gasteiger partial charge in [-0.1, -0.05) is 30.7 Å². The van der Waals surface area contributed by atoms with Gasteiger partial charge in [-0.3, -0.25) is 0 Å². The van der Waals surface area contributed by atoms with E-state index in [1.54, 1.807) is 0 Å². The summed E-state index contributed by atoms with van der Waals surface area (Å²) in [6.07, 6.45) is 5.33. The van der Waals surface area contributed by atoms with Crippen LogP contribution in [-0.4, -0.2) is 18.1 Å². The molecule has 1 atom stereocenters. The van der Waals surface area contributed by atoms with Crippen molar-refractivity contribution in [2.45, 2.75) is 52.5 Å². The fraction of sp³-hybridized carbons (Fsp3) is 0.667. The molecule has 0 saturated carbocycles. The maximum Gasteiger partial charge on any atom is 0.0325 e. The summed E-state index contributed by atoms with van der Waals surface area (Å²) in [5, 5.41) is 3.79. The molecule has 0 amide bonds. The Bertz CT molecular complexity index is 410. The van der Waals surface area contributed by atoms with Crippen LogP contribution in [0.4, 0.5) is 0 Å². The summed E-state index contributed by atoms with van der Waals surface area (Å²) in [5.74, 6) is 3.63. The van der Waals surface area contributed by atoms with Crippen molar-refractivity contribution >= 4 is 11.8 Å². The van der Waals surface area contributed by atoms with Gasteiger partial charge in [0.1, 0.15) is 0 Å². The first-order valence-corrected chi connectivity index (χ1v) is 9.24. The van der Waals surface area contributed by atoms with Crippen LogP contribution in [0.2, 0.25) is 0 Å². The Labute approximate surface area is 128 Å². The van der Waals surface area contributed by atoms with Crippen LogP contribution in [-0.2, 0) is 0 Å². The summed E-state index contributed by atoms with van der Waals surface area (Å²) < 4.78 is 0. The van der Waals surface area contributed by atoms with E-state index in [1.807, 2.05) is 0 Å². The highest BCUT2D eigenvalue weighted by atomic mass is 32.2. The Hall–Kier alpha value is -0.470. The van der Waals surface area contributed by atoms with Crippen LogP contribution in [0.1, 0.15) is 55.3 Å². The summed E-state index contributed by atoms with van der Waals surface area (Å²) in [7, 11) is 0. The zero-order valence-electron chi connectivity index (χ0n) is 13.2. The highest BCUT2D eigenvalue weighted by Gasteiger charge is 2.21. The zero-order chi connectivity index (χ0) is 14.4. The normalized spacial score (nSPS) is 18.1. The minimum absolute atomic E-state index is 0.544. The van der Waals surface area contributed by atoms with Crippen molar-refractivity contribution in [1.29, 1.82) is 0 Å². The molecule has 0 spiro atoms. The Morgan fingerprint density at radius 2 is 2.00 bits per heavy atom. The largest absolute Gasteiger partial charge is 0.310 e. The number of aryl methyl sites for hydroxylation is 2. The number of hydrogen-bond donors (Lipinski definition) is 1. The number of benzene rings is 1. The standard InChI is InChI=1S/C18H29NS/c1-4-9-19-18(13-16-7-10-20-11-8-16)17-12-14(2)5-6-15(17)3/h5-6,12,16,18-19H,4,7-11,13H2,1-3H3. The van der Waals surface area contributed by atoms with E-state index < -0.39 is 0 Å². The van der Waals surface area contributed by atoms with Crippen molar-refractivity contribution in [1.82, 2.24) is 5.32 Å². The van der Waals surface area contributed by atoms with Crippen molar-refractivity contribution in [3.05, 3.63) is 34.9 Å². The maximum absolute atomic E-state index is 3.79. The number of nitrogens with one attached hydrogen (secondary N) is 1. The molecule has 0 bridgehead atoms. The first kappa shape index (κ1) is 15.9. The molecule has 20 heavy (non-hydrogen) atoms. The average Bonchev–Trinajstić information content (AvgIpc) is 2.47. The van der Waals surface area contributed by atoms with Crippen LogP contribution in [0.5, 0.6) is 0 Å². The molecule has 1 unspecified atom stereocenters. The predicted molar refractivity (Wildman–Crippen MR) is 91.6 cm³/mol. The lowest BCUT2D eigenvalue weighted by Crippen LogP contribution is -2.26. The van der Waals surface area contributed by atoms with Crippen molar-refractivity contribution < 1.29 is 0 Å². The van der Waals surface area contributed by atoms with Gasteiger partial charge in [0.05, 0.1) is 0 Å². The molecule has 0 radical (unpaired) electrons. The van der Waals surface area contributed by atoms with E-state index in [1.165, 1.54) is 53.9 Å². The van der Waals surface area contributed by atoms with Gasteiger partial charge in [0.25, 0.3) is 0 Å². The van der Waals surface area contributed by atoms with Crippen molar-refractivity contribution in [3.8, 4) is 0 Å². The van der Waals surface area contributed by atoms with Gasteiger partial charge in [-0.15, -0.1) is 0 Å². The first-order chi connectivity index (χ1) is 9.70. The van der Waals surface area contributed by atoms with Gasteiger partial charge in [0.15, 0.2) is 0 Å². The van der Waals surface area contributed by atoms with Crippen LogP contribution in [0.15, 0.2) is 18.2 Å². The summed E-state index contributed by atoms with van der Waals surface area (Å²) in [5.41, 5.74) is 4.35. The molecule has 1 aromatic carbocycles. The third kappa shape index (κ3) is 4.53. The van der Waals surface area contributed by atoms with Crippen molar-refractivity contribution in [3.63, 3.8) is 0 Å². The second-order valence-corrected chi connectivity index (χ2v) is 7.38. The molecular weight excluding hydrogens is 262 g/mol. The fourth-order valence-corrected chi connectivity index (χ4v) is 4.29. The molecule has 2 heteroatoms. The topological polar surface area (TPSA) is 12.0 Å². The minimum Gasteiger partial charge on any atom is -0.310 e. The van der Waals surface area contributed by atoms with Gasteiger partial charge in [0, 0.05) is 6.04 Å². The van der Waals surface area contributed by atoms with Gasteiger partial charge in [-0.05, 0) is 74.6 Å². The lowest BCUT2D eigenvalue weighted by atomic mass is 9.88. The van der Waals surface area contributed by atoms with E-state index >= 15 is 0 Å². The van der Waals surface area contributed by atoms with Crippen LogP contribution >= 0.6 is 11.8 Å². The summed E-state index contributed by atoms with van der Waals surface area (Å²) in [6.45, 7) is 7.84. The molecular formula is C18H29NS. The molecule has 1 heterocycles. The van der Waals surface area contributed by atoms with E-state index in [2.05, 4.69) is 56.0 Å². The molecule has 1 fully saturated rings. The lowest BCUT2D eigenvalue weighted by molar-refractivity contribution is 0.369. The van der Waals surface area contributed by atoms with E-state index in [4.69, 9.17) is 0 Å². The van der Waals surface area contributed by atoms with E-state index in [0.717, 1.165) is 12.5 Å². The molecule has 1 aliphatic heterocycles. The van der Waals surface area contributed by atoms with E-state index in [0.29, 0.717) is 6.04 Å². The lowest BCUT2D eigenvalue weighted by Gasteiger charge is -2.28. The fourth-order valence-electron chi connectivity index (χ4n) is 3.09. The zero-order valence-corrected chi connectivity index (χ0v) is 14.1. The molecule has 0 aromatic heterocycles. The predicted octanol–water partition coefficient (Wildman–Crippen LogP) is 4.88. The Balaban J connectivity index is 2.10. The molecule has 1 aromatic rings. The molecule has 0 aliphatic carbocycles. The van der Waals surface area contributed by atoms with Gasteiger partial charge >= 0.3 is 0 Å². The van der Waals surface area contributed by atoms with Crippen LogP contribution < -0.4 is 5.32 Å². The summed E-state index contributed by atoms with van der Waals surface area (Å²) in [4.78, 5) is 0. The van der Waals surface area contributed by atoms with Crippen LogP contribution in [0.25, 0.3) is 0 Å². The second kappa shape index (κ2) is 8.09. The quantitative estimate of drug-likeness (QED) is 0.802. The molecule has 2 rings (SSSR count). The van der Waals surface area contributed by atoms with Crippen molar-refractivity contribution in [2.24, 2.45) is 5.92 Å². The minimum atomic E-state index is 0.544. The van der Waals surface area contributed by atoms with Crippen molar-refractivity contribution in [2.75, 3.05) is 18.1 Å². The molecule has 1 nitrogen and oxygen atoms in total. The maximum atomic E-state index is 3.79. The number of hydrogen-bond acceptors (Lipinski definition) is 2. The molecule has 1 aliphatic rings. The number of rotatable bonds is 6. The molecule has 112 valence electrons.